The zero-order chi connectivity index (χ0) is 16.2. The van der Waals surface area contributed by atoms with Crippen LogP contribution in [-0.4, -0.2) is 16.7 Å². The van der Waals surface area contributed by atoms with Crippen LogP contribution in [0.1, 0.15) is 26.3 Å². The van der Waals surface area contributed by atoms with E-state index in [-0.39, 0.29) is 0 Å². The number of nitrogens with zero attached hydrogens (tertiary/aromatic N) is 1. The summed E-state index contributed by atoms with van der Waals surface area (Å²) >= 11 is 0. The van der Waals surface area contributed by atoms with Crippen molar-refractivity contribution in [3.05, 3.63) is 48.2 Å². The third-order valence-corrected chi connectivity index (χ3v) is 2.73. The van der Waals surface area contributed by atoms with Crippen LogP contribution in [-0.2, 0) is 4.74 Å². The maximum Gasteiger partial charge on any atom is 0.412 e. The smallest absolute Gasteiger partial charge is 0.412 e. The standard InChI is InChI=1S/C17H21N3O2/c1-12-5-7-13(8-6-12)19-15-10-9-14(11-18-15)20-16(21)22-17(2,3)4/h5-11H,1-4H3,(H,18,19)(H,20,21). The second-order valence-corrected chi connectivity index (χ2v) is 6.05. The van der Waals surface area contributed by atoms with Crippen molar-refractivity contribution in [2.24, 2.45) is 0 Å². The number of hydrogen-bond acceptors (Lipinski definition) is 4. The molecule has 0 aliphatic rings. The Bertz CT molecular complexity index is 628. The van der Waals surface area contributed by atoms with Crippen molar-refractivity contribution >= 4 is 23.3 Å². The predicted octanol–water partition coefficient (Wildman–Crippen LogP) is 4.48. The van der Waals surface area contributed by atoms with Crippen LogP contribution in [0.15, 0.2) is 42.6 Å². The fourth-order valence-electron chi connectivity index (χ4n) is 1.75. The number of carbonyl (C=O) groups is 1. The lowest BCUT2D eigenvalue weighted by atomic mass is 10.2. The van der Waals surface area contributed by atoms with E-state index < -0.39 is 11.7 Å². The summed E-state index contributed by atoms with van der Waals surface area (Å²) in [5.41, 5.74) is 2.23. The molecule has 1 heterocycles. The molecule has 1 aromatic heterocycles. The summed E-state index contributed by atoms with van der Waals surface area (Å²) in [6, 6.07) is 11.6. The van der Waals surface area contributed by atoms with Gasteiger partial charge in [0.2, 0.25) is 0 Å². The number of hydrogen-bond donors (Lipinski definition) is 2. The SMILES string of the molecule is Cc1ccc(Nc2ccc(NC(=O)OC(C)(C)C)cn2)cc1. The van der Waals surface area contributed by atoms with E-state index in [1.54, 1.807) is 18.3 Å². The average Bonchev–Trinajstić information content (AvgIpc) is 2.41. The molecule has 2 aromatic rings. The summed E-state index contributed by atoms with van der Waals surface area (Å²) < 4.78 is 5.19. The molecule has 2 rings (SSSR count). The number of rotatable bonds is 3. The van der Waals surface area contributed by atoms with E-state index in [1.165, 1.54) is 5.56 Å². The Hall–Kier alpha value is -2.56. The molecule has 2 N–H and O–H groups in total. The lowest BCUT2D eigenvalue weighted by Crippen LogP contribution is -2.27. The highest BCUT2D eigenvalue weighted by atomic mass is 16.6. The number of aromatic nitrogens is 1. The van der Waals surface area contributed by atoms with E-state index in [9.17, 15) is 4.79 Å². The van der Waals surface area contributed by atoms with Gasteiger partial charge in [-0.3, -0.25) is 5.32 Å². The molecular weight excluding hydrogens is 278 g/mol. The number of carbonyl (C=O) groups excluding carboxylic acids is 1. The Morgan fingerprint density at radius 3 is 2.23 bits per heavy atom. The van der Waals surface area contributed by atoms with Crippen molar-refractivity contribution in [1.82, 2.24) is 4.98 Å². The molecule has 116 valence electrons. The highest BCUT2D eigenvalue weighted by Gasteiger charge is 2.16. The molecule has 0 unspecified atom stereocenters. The van der Waals surface area contributed by atoms with Crippen LogP contribution >= 0.6 is 0 Å². The minimum absolute atomic E-state index is 0.492. The Morgan fingerprint density at radius 1 is 1.05 bits per heavy atom. The first-order chi connectivity index (χ1) is 10.3. The van der Waals surface area contributed by atoms with Crippen LogP contribution < -0.4 is 10.6 Å². The lowest BCUT2D eigenvalue weighted by Gasteiger charge is -2.19. The van der Waals surface area contributed by atoms with Gasteiger partial charge in [-0.1, -0.05) is 17.7 Å². The number of nitrogens with one attached hydrogen (secondary N) is 2. The van der Waals surface area contributed by atoms with Crippen molar-refractivity contribution in [3.63, 3.8) is 0 Å². The highest BCUT2D eigenvalue weighted by Crippen LogP contribution is 2.17. The van der Waals surface area contributed by atoms with Crippen molar-refractivity contribution in [2.45, 2.75) is 33.3 Å². The maximum absolute atomic E-state index is 11.7. The number of aryl methyl sites for hydroxylation is 1. The minimum atomic E-state index is -0.523. The molecule has 1 amide bonds. The third kappa shape index (κ3) is 5.09. The van der Waals surface area contributed by atoms with Crippen LogP contribution in [0.3, 0.4) is 0 Å². The first-order valence-electron chi connectivity index (χ1n) is 7.11. The first-order valence-corrected chi connectivity index (χ1v) is 7.11. The van der Waals surface area contributed by atoms with Crippen molar-refractivity contribution in [1.29, 1.82) is 0 Å². The van der Waals surface area contributed by atoms with Gasteiger partial charge in [0, 0.05) is 5.69 Å². The van der Waals surface area contributed by atoms with Crippen LogP contribution in [0.4, 0.5) is 22.0 Å². The normalized spacial score (nSPS) is 10.9. The van der Waals surface area contributed by atoms with Gasteiger partial charge < -0.3 is 10.1 Å². The molecule has 22 heavy (non-hydrogen) atoms. The Balaban J connectivity index is 1.95. The number of anilines is 3. The molecule has 1 aromatic carbocycles. The van der Waals surface area contributed by atoms with Crippen molar-refractivity contribution in [3.8, 4) is 0 Å². The molecule has 0 bridgehead atoms. The van der Waals surface area contributed by atoms with Crippen LogP contribution in [0.25, 0.3) is 0 Å². The average molecular weight is 299 g/mol. The van der Waals surface area contributed by atoms with E-state index >= 15 is 0 Å². The highest BCUT2D eigenvalue weighted by molar-refractivity contribution is 5.84. The van der Waals surface area contributed by atoms with Crippen molar-refractivity contribution in [2.75, 3.05) is 10.6 Å². The molecule has 5 nitrogen and oxygen atoms in total. The van der Waals surface area contributed by atoms with Gasteiger partial charge in [0.05, 0.1) is 11.9 Å². The number of benzene rings is 1. The summed E-state index contributed by atoms with van der Waals surface area (Å²) in [7, 11) is 0. The van der Waals surface area contributed by atoms with E-state index in [0.29, 0.717) is 11.5 Å². The summed E-state index contributed by atoms with van der Waals surface area (Å²) in [5.74, 6) is 0.707. The van der Waals surface area contributed by atoms with E-state index in [0.717, 1.165) is 5.69 Å². The molecule has 0 aliphatic heterocycles. The lowest BCUT2D eigenvalue weighted by molar-refractivity contribution is 0.0636. The molecule has 0 radical (unpaired) electrons. The fourth-order valence-corrected chi connectivity index (χ4v) is 1.75. The molecule has 0 saturated carbocycles. The third-order valence-electron chi connectivity index (χ3n) is 2.73. The van der Waals surface area contributed by atoms with Crippen LogP contribution in [0.5, 0.6) is 0 Å². The Labute approximate surface area is 130 Å². The van der Waals surface area contributed by atoms with Gasteiger partial charge in [0.25, 0.3) is 0 Å². The second-order valence-electron chi connectivity index (χ2n) is 6.05. The predicted molar refractivity (Wildman–Crippen MR) is 88.6 cm³/mol. The first kappa shape index (κ1) is 15.8. The number of pyridine rings is 1. The van der Waals surface area contributed by atoms with Gasteiger partial charge in [-0.05, 0) is 52.0 Å². The quantitative estimate of drug-likeness (QED) is 0.877. The van der Waals surface area contributed by atoms with E-state index in [4.69, 9.17) is 4.74 Å². The Kier molecular flexibility index (Phi) is 4.65. The Morgan fingerprint density at radius 2 is 1.68 bits per heavy atom. The second kappa shape index (κ2) is 6.47. The van der Waals surface area contributed by atoms with E-state index in [1.807, 2.05) is 52.0 Å². The zero-order valence-corrected chi connectivity index (χ0v) is 13.3. The van der Waals surface area contributed by atoms with Crippen LogP contribution in [0.2, 0.25) is 0 Å². The minimum Gasteiger partial charge on any atom is -0.444 e. The van der Waals surface area contributed by atoms with Gasteiger partial charge in [0.1, 0.15) is 11.4 Å². The molecule has 0 spiro atoms. The largest absolute Gasteiger partial charge is 0.444 e. The topological polar surface area (TPSA) is 63.2 Å². The summed E-state index contributed by atoms with van der Waals surface area (Å²) in [4.78, 5) is 15.9. The van der Waals surface area contributed by atoms with Gasteiger partial charge in [0.15, 0.2) is 0 Å². The van der Waals surface area contributed by atoms with Crippen LogP contribution in [0, 0.1) is 6.92 Å². The molecule has 0 aliphatic carbocycles. The molecular formula is C17H21N3O2. The fraction of sp³-hybridized carbons (Fsp3) is 0.294. The monoisotopic (exact) mass is 299 g/mol. The molecule has 0 fully saturated rings. The maximum atomic E-state index is 11.7. The summed E-state index contributed by atoms with van der Waals surface area (Å²) in [6.07, 6.45) is 1.09. The number of ether oxygens (including phenoxy) is 1. The van der Waals surface area contributed by atoms with Gasteiger partial charge >= 0.3 is 6.09 Å². The van der Waals surface area contributed by atoms with Crippen molar-refractivity contribution < 1.29 is 9.53 Å². The summed E-state index contributed by atoms with van der Waals surface area (Å²) in [6.45, 7) is 7.50. The number of amides is 1. The van der Waals surface area contributed by atoms with E-state index in [2.05, 4.69) is 15.6 Å². The molecule has 0 atom stereocenters. The summed E-state index contributed by atoms with van der Waals surface area (Å²) in [5, 5.41) is 5.84. The molecule has 5 heteroatoms. The van der Waals surface area contributed by atoms with Gasteiger partial charge in [-0.2, -0.15) is 0 Å². The molecule has 0 saturated heterocycles. The zero-order valence-electron chi connectivity index (χ0n) is 13.3. The van der Waals surface area contributed by atoms with Gasteiger partial charge in [-0.15, -0.1) is 0 Å². The van der Waals surface area contributed by atoms with Gasteiger partial charge in [-0.25, -0.2) is 9.78 Å².